The van der Waals surface area contributed by atoms with E-state index in [0.29, 0.717) is 0 Å². The molecule has 0 unspecified atom stereocenters. The van der Waals surface area contributed by atoms with E-state index >= 15 is 0 Å². The predicted octanol–water partition coefficient (Wildman–Crippen LogP) is 3.79. The number of halogens is 2. The molecule has 0 aliphatic carbocycles. The first kappa shape index (κ1) is 15.0. The number of amides is 2. The van der Waals surface area contributed by atoms with Crippen LogP contribution in [0.2, 0.25) is 10.0 Å². The Kier molecular flexibility index (Phi) is 4.22. The average molecular weight is 322 g/mol. The largest absolute Gasteiger partial charge is 0.504 e. The molecule has 0 aliphatic heterocycles. The number of carbonyl (C=O) groups excluding carboxylic acids is 1. The number of nitrogens with zero attached hydrogens (tertiary/aromatic N) is 2. The van der Waals surface area contributed by atoms with Crippen LogP contribution >= 0.6 is 23.2 Å². The van der Waals surface area contributed by atoms with E-state index in [1.165, 1.54) is 24.3 Å². The summed E-state index contributed by atoms with van der Waals surface area (Å²) in [5, 5.41) is 19.4. The van der Waals surface area contributed by atoms with Gasteiger partial charge in [0, 0.05) is 0 Å². The molecule has 2 aromatic carbocycles. The fourth-order valence-electron chi connectivity index (χ4n) is 1.83. The Morgan fingerprint density at radius 3 is 2.43 bits per heavy atom. The third kappa shape index (κ3) is 2.72. The number of nitriles is 1. The van der Waals surface area contributed by atoms with Gasteiger partial charge in [-0.2, -0.15) is 5.26 Å². The Bertz CT molecular complexity index is 756. The number of primary amides is 1. The topological polar surface area (TPSA) is 90.4 Å². The Morgan fingerprint density at radius 1 is 1.19 bits per heavy atom. The third-order valence-electron chi connectivity index (χ3n) is 2.77. The molecule has 0 atom stereocenters. The molecule has 0 aliphatic rings. The van der Waals surface area contributed by atoms with Crippen LogP contribution in [-0.4, -0.2) is 11.1 Å². The fourth-order valence-corrected chi connectivity index (χ4v) is 2.21. The summed E-state index contributed by atoms with van der Waals surface area (Å²) in [5.74, 6) is -0.366. The molecule has 2 aromatic rings. The van der Waals surface area contributed by atoms with Crippen molar-refractivity contribution in [2.24, 2.45) is 5.73 Å². The van der Waals surface area contributed by atoms with Gasteiger partial charge in [0.25, 0.3) is 0 Å². The quantitative estimate of drug-likeness (QED) is 0.881. The Hall–Kier alpha value is -2.42. The SMILES string of the molecule is N#Cc1cccc(N(C(N)=O)c2cccc(Cl)c2Cl)c1O. The van der Waals surface area contributed by atoms with Crippen molar-refractivity contribution >= 4 is 40.6 Å². The van der Waals surface area contributed by atoms with Gasteiger partial charge < -0.3 is 10.8 Å². The maximum Gasteiger partial charge on any atom is 0.324 e. The van der Waals surface area contributed by atoms with Crippen LogP contribution in [0, 0.1) is 11.3 Å². The first-order chi connectivity index (χ1) is 9.97. The number of benzene rings is 2. The van der Waals surface area contributed by atoms with Crippen molar-refractivity contribution in [3.63, 3.8) is 0 Å². The van der Waals surface area contributed by atoms with Crippen molar-refractivity contribution in [3.8, 4) is 11.8 Å². The number of rotatable bonds is 2. The van der Waals surface area contributed by atoms with E-state index < -0.39 is 6.03 Å². The number of urea groups is 1. The summed E-state index contributed by atoms with van der Waals surface area (Å²) < 4.78 is 0. The molecule has 3 N–H and O–H groups in total. The van der Waals surface area contributed by atoms with Gasteiger partial charge in [-0.25, -0.2) is 4.79 Å². The average Bonchev–Trinajstić information content (AvgIpc) is 2.45. The van der Waals surface area contributed by atoms with Crippen molar-refractivity contribution < 1.29 is 9.90 Å². The summed E-state index contributed by atoms with van der Waals surface area (Å²) in [7, 11) is 0. The molecule has 0 spiro atoms. The van der Waals surface area contributed by atoms with Crippen LogP contribution in [0.25, 0.3) is 0 Å². The number of carbonyl (C=O) groups is 1. The number of anilines is 2. The zero-order chi connectivity index (χ0) is 15.6. The van der Waals surface area contributed by atoms with Gasteiger partial charge in [-0.15, -0.1) is 0 Å². The lowest BCUT2D eigenvalue weighted by Crippen LogP contribution is -2.31. The summed E-state index contributed by atoms with van der Waals surface area (Å²) >= 11 is 12.0. The van der Waals surface area contributed by atoms with Gasteiger partial charge in [-0.3, -0.25) is 4.90 Å². The van der Waals surface area contributed by atoms with Gasteiger partial charge in [0.2, 0.25) is 0 Å². The molecule has 7 heteroatoms. The number of hydrogen-bond donors (Lipinski definition) is 2. The van der Waals surface area contributed by atoms with Crippen molar-refractivity contribution in [1.29, 1.82) is 5.26 Å². The van der Waals surface area contributed by atoms with Crippen LogP contribution in [0.4, 0.5) is 16.2 Å². The molecular formula is C14H9Cl2N3O2. The minimum Gasteiger partial charge on any atom is -0.504 e. The van der Waals surface area contributed by atoms with Crippen molar-refractivity contribution in [1.82, 2.24) is 0 Å². The predicted molar refractivity (Wildman–Crippen MR) is 81.0 cm³/mol. The smallest absolute Gasteiger partial charge is 0.324 e. The molecule has 5 nitrogen and oxygen atoms in total. The molecule has 106 valence electrons. The summed E-state index contributed by atoms with van der Waals surface area (Å²) in [6, 6.07) is 9.99. The minimum atomic E-state index is -0.871. The normalized spacial score (nSPS) is 9.95. The van der Waals surface area contributed by atoms with Gasteiger partial charge in [-0.1, -0.05) is 35.3 Å². The lowest BCUT2D eigenvalue weighted by atomic mass is 10.1. The van der Waals surface area contributed by atoms with E-state index in [1.807, 2.05) is 6.07 Å². The van der Waals surface area contributed by atoms with Gasteiger partial charge >= 0.3 is 6.03 Å². The van der Waals surface area contributed by atoms with Gasteiger partial charge in [0.05, 0.1) is 27.0 Å². The summed E-state index contributed by atoms with van der Waals surface area (Å²) in [6.45, 7) is 0. The van der Waals surface area contributed by atoms with Crippen molar-refractivity contribution in [3.05, 3.63) is 52.0 Å². The molecule has 0 aromatic heterocycles. The molecule has 0 bridgehead atoms. The molecule has 0 heterocycles. The Morgan fingerprint density at radius 2 is 1.81 bits per heavy atom. The number of nitrogens with two attached hydrogens (primary N) is 1. The van der Waals surface area contributed by atoms with Gasteiger partial charge in [-0.05, 0) is 24.3 Å². The molecule has 0 saturated heterocycles. The molecule has 21 heavy (non-hydrogen) atoms. The Balaban J connectivity index is 2.69. The van der Waals surface area contributed by atoms with Crippen LogP contribution < -0.4 is 10.6 Å². The lowest BCUT2D eigenvalue weighted by molar-refractivity contribution is 0.256. The highest BCUT2D eigenvalue weighted by molar-refractivity contribution is 6.44. The first-order valence-corrected chi connectivity index (χ1v) is 6.48. The van der Waals surface area contributed by atoms with Gasteiger partial charge in [0.15, 0.2) is 5.75 Å². The highest BCUT2D eigenvalue weighted by Gasteiger charge is 2.23. The molecule has 2 amide bonds. The molecular weight excluding hydrogens is 313 g/mol. The second-order valence-electron chi connectivity index (χ2n) is 4.03. The molecule has 0 saturated carbocycles. The maximum absolute atomic E-state index is 11.8. The lowest BCUT2D eigenvalue weighted by Gasteiger charge is -2.23. The number of phenols is 1. The van der Waals surface area contributed by atoms with Crippen molar-refractivity contribution in [2.75, 3.05) is 4.90 Å². The van der Waals surface area contributed by atoms with Crippen molar-refractivity contribution in [2.45, 2.75) is 0 Å². The van der Waals surface area contributed by atoms with E-state index in [-0.39, 0.29) is 32.7 Å². The summed E-state index contributed by atoms with van der Waals surface area (Å²) in [6.07, 6.45) is 0. The zero-order valence-corrected chi connectivity index (χ0v) is 12.1. The number of aromatic hydroxyl groups is 1. The number of phenolic OH excluding ortho intramolecular Hbond substituents is 1. The minimum absolute atomic E-state index is 0.0110. The van der Waals surface area contributed by atoms with E-state index in [2.05, 4.69) is 0 Å². The van der Waals surface area contributed by atoms with Crippen LogP contribution in [-0.2, 0) is 0 Å². The standard InChI is InChI=1S/C14H9Cl2N3O2/c15-9-4-2-5-10(12(9)16)19(14(18)21)11-6-1-3-8(7-17)13(11)20/h1-6,20H,(H2,18,21). The van der Waals surface area contributed by atoms with E-state index in [1.54, 1.807) is 12.1 Å². The third-order valence-corrected chi connectivity index (χ3v) is 3.58. The molecule has 0 radical (unpaired) electrons. The van der Waals surface area contributed by atoms with Crippen LogP contribution in [0.3, 0.4) is 0 Å². The summed E-state index contributed by atoms with van der Waals surface area (Å²) in [4.78, 5) is 12.8. The first-order valence-electron chi connectivity index (χ1n) is 5.73. The summed E-state index contributed by atoms with van der Waals surface area (Å²) in [5.41, 5.74) is 5.64. The van der Waals surface area contributed by atoms with Crippen LogP contribution in [0.15, 0.2) is 36.4 Å². The Labute approximate surface area is 130 Å². The molecule has 0 fully saturated rings. The number of para-hydroxylation sites is 1. The fraction of sp³-hybridized carbons (Fsp3) is 0. The second-order valence-corrected chi connectivity index (χ2v) is 4.82. The van der Waals surface area contributed by atoms with E-state index in [0.717, 1.165) is 4.90 Å². The highest BCUT2D eigenvalue weighted by atomic mass is 35.5. The van der Waals surface area contributed by atoms with E-state index in [4.69, 9.17) is 34.2 Å². The van der Waals surface area contributed by atoms with E-state index in [9.17, 15) is 9.90 Å². The second kappa shape index (κ2) is 5.92. The monoisotopic (exact) mass is 321 g/mol. The number of hydrogen-bond acceptors (Lipinski definition) is 3. The zero-order valence-electron chi connectivity index (χ0n) is 10.5. The molecule has 2 rings (SSSR count). The maximum atomic E-state index is 11.8. The highest BCUT2D eigenvalue weighted by Crippen LogP contribution is 2.40. The van der Waals surface area contributed by atoms with Crippen LogP contribution in [0.5, 0.6) is 5.75 Å². The van der Waals surface area contributed by atoms with Gasteiger partial charge in [0.1, 0.15) is 6.07 Å². The van der Waals surface area contributed by atoms with Crippen LogP contribution in [0.1, 0.15) is 5.56 Å².